The number of carboxylic acids is 1. The first-order chi connectivity index (χ1) is 10.6. The van der Waals surface area contributed by atoms with Gasteiger partial charge >= 0.3 is 12.1 Å². The Morgan fingerprint density at radius 2 is 2.00 bits per heavy atom. The van der Waals surface area contributed by atoms with Gasteiger partial charge in [-0.2, -0.15) is 17.5 Å². The van der Waals surface area contributed by atoms with Crippen molar-refractivity contribution in [3.63, 3.8) is 0 Å². The molecule has 1 N–H and O–H groups in total. The van der Waals surface area contributed by atoms with Gasteiger partial charge in [-0.05, 0) is 30.9 Å². The second kappa shape index (κ2) is 6.48. The Labute approximate surface area is 131 Å². The SMILES string of the molecule is O=C(O)C1CCCCN1S(=O)(=O)Cc1cccc(C(F)(F)F)c1. The first-order valence-corrected chi connectivity index (χ1v) is 8.60. The van der Waals surface area contributed by atoms with E-state index in [1.54, 1.807) is 0 Å². The lowest BCUT2D eigenvalue weighted by molar-refractivity contribution is -0.142. The highest BCUT2D eigenvalue weighted by Crippen LogP contribution is 2.30. The summed E-state index contributed by atoms with van der Waals surface area (Å²) in [6, 6.07) is 2.90. The van der Waals surface area contributed by atoms with Crippen molar-refractivity contribution in [1.29, 1.82) is 0 Å². The molecule has 1 unspecified atom stereocenters. The molecule has 1 aliphatic heterocycles. The average molecular weight is 351 g/mol. The predicted molar refractivity (Wildman–Crippen MR) is 76.0 cm³/mol. The molecule has 1 aromatic rings. The van der Waals surface area contributed by atoms with Crippen molar-refractivity contribution < 1.29 is 31.5 Å². The number of nitrogens with zero attached hydrogens (tertiary/aromatic N) is 1. The van der Waals surface area contributed by atoms with Gasteiger partial charge in [-0.3, -0.25) is 4.79 Å². The maximum atomic E-state index is 12.7. The van der Waals surface area contributed by atoms with Crippen LogP contribution in [0, 0.1) is 0 Å². The van der Waals surface area contributed by atoms with E-state index in [4.69, 9.17) is 5.11 Å². The summed E-state index contributed by atoms with van der Waals surface area (Å²) in [6.07, 6.45) is -3.22. The molecule has 1 saturated heterocycles. The summed E-state index contributed by atoms with van der Waals surface area (Å²) in [4.78, 5) is 11.2. The van der Waals surface area contributed by atoms with Crippen LogP contribution in [0.15, 0.2) is 24.3 Å². The number of halogens is 3. The van der Waals surface area contributed by atoms with Crippen molar-refractivity contribution in [1.82, 2.24) is 4.31 Å². The molecule has 0 radical (unpaired) electrons. The summed E-state index contributed by atoms with van der Waals surface area (Å²) in [6.45, 7) is 0.0677. The van der Waals surface area contributed by atoms with Crippen LogP contribution < -0.4 is 0 Å². The number of carbonyl (C=O) groups is 1. The van der Waals surface area contributed by atoms with E-state index in [1.165, 1.54) is 6.07 Å². The normalized spacial score (nSPS) is 20.4. The molecular weight excluding hydrogens is 335 g/mol. The van der Waals surface area contributed by atoms with Gasteiger partial charge in [0.15, 0.2) is 0 Å². The molecule has 1 fully saturated rings. The second-order valence-electron chi connectivity index (χ2n) is 5.41. The van der Waals surface area contributed by atoms with Crippen LogP contribution in [0.1, 0.15) is 30.4 Å². The van der Waals surface area contributed by atoms with Crippen molar-refractivity contribution in [2.75, 3.05) is 6.54 Å². The van der Waals surface area contributed by atoms with E-state index in [-0.39, 0.29) is 18.5 Å². The number of carboxylic acid groups (broad SMARTS) is 1. The van der Waals surface area contributed by atoms with Gasteiger partial charge < -0.3 is 5.11 Å². The molecule has 0 saturated carbocycles. The van der Waals surface area contributed by atoms with Crippen LogP contribution in [0.2, 0.25) is 0 Å². The standard InChI is InChI=1S/C14H16F3NO4S/c15-14(16,17)11-5-3-4-10(8-11)9-23(21,22)18-7-2-1-6-12(18)13(19)20/h3-5,8,12H,1-2,6-7,9H2,(H,19,20). The Morgan fingerprint density at radius 1 is 1.30 bits per heavy atom. The predicted octanol–water partition coefficient (Wildman–Crippen LogP) is 2.47. The second-order valence-corrected chi connectivity index (χ2v) is 7.34. The molecule has 1 aliphatic rings. The van der Waals surface area contributed by atoms with E-state index in [1.807, 2.05) is 0 Å². The first-order valence-electron chi connectivity index (χ1n) is 7.00. The average Bonchev–Trinajstić information content (AvgIpc) is 2.46. The summed E-state index contributed by atoms with van der Waals surface area (Å²) < 4.78 is 63.8. The Balaban J connectivity index is 2.25. The van der Waals surface area contributed by atoms with E-state index < -0.39 is 39.5 Å². The number of hydrogen-bond donors (Lipinski definition) is 1. The maximum absolute atomic E-state index is 12.7. The van der Waals surface area contributed by atoms with E-state index in [9.17, 15) is 26.4 Å². The Hall–Kier alpha value is -1.61. The maximum Gasteiger partial charge on any atom is 0.416 e. The van der Waals surface area contributed by atoms with E-state index >= 15 is 0 Å². The Bertz CT molecular complexity index is 688. The van der Waals surface area contributed by atoms with Crippen LogP contribution >= 0.6 is 0 Å². The van der Waals surface area contributed by atoms with Crippen LogP contribution in [0.5, 0.6) is 0 Å². The van der Waals surface area contributed by atoms with Crippen LogP contribution in [0.4, 0.5) is 13.2 Å². The molecule has 1 aromatic carbocycles. The van der Waals surface area contributed by atoms with Crippen molar-refractivity contribution >= 4 is 16.0 Å². The summed E-state index contributed by atoms with van der Waals surface area (Å²) in [5, 5.41) is 9.13. The molecular formula is C14H16F3NO4S. The van der Waals surface area contributed by atoms with Crippen molar-refractivity contribution in [2.45, 2.75) is 37.2 Å². The van der Waals surface area contributed by atoms with Crippen molar-refractivity contribution in [3.05, 3.63) is 35.4 Å². The third-order valence-corrected chi connectivity index (χ3v) is 5.55. The van der Waals surface area contributed by atoms with Gasteiger partial charge in [0.1, 0.15) is 6.04 Å². The lowest BCUT2D eigenvalue weighted by atomic mass is 10.1. The molecule has 0 aromatic heterocycles. The number of piperidine rings is 1. The molecule has 0 spiro atoms. The zero-order chi connectivity index (χ0) is 17.3. The van der Waals surface area contributed by atoms with Gasteiger partial charge in [0, 0.05) is 6.54 Å². The number of aliphatic carboxylic acids is 1. The largest absolute Gasteiger partial charge is 0.480 e. The Kier molecular flexibility index (Phi) is 5.00. The van der Waals surface area contributed by atoms with Crippen molar-refractivity contribution in [3.8, 4) is 0 Å². The Morgan fingerprint density at radius 3 is 2.61 bits per heavy atom. The van der Waals surface area contributed by atoms with Gasteiger partial charge in [0.2, 0.25) is 10.0 Å². The lowest BCUT2D eigenvalue weighted by Gasteiger charge is -2.31. The quantitative estimate of drug-likeness (QED) is 0.904. The monoisotopic (exact) mass is 351 g/mol. The third kappa shape index (κ3) is 4.23. The smallest absolute Gasteiger partial charge is 0.416 e. The summed E-state index contributed by atoms with van der Waals surface area (Å²) in [5.74, 6) is -1.89. The van der Waals surface area contributed by atoms with Gasteiger partial charge in [-0.25, -0.2) is 8.42 Å². The van der Waals surface area contributed by atoms with Crippen LogP contribution in [0.25, 0.3) is 0 Å². The third-order valence-electron chi connectivity index (χ3n) is 3.70. The molecule has 1 heterocycles. The molecule has 0 aliphatic carbocycles. The van der Waals surface area contributed by atoms with E-state index in [2.05, 4.69) is 0 Å². The zero-order valence-electron chi connectivity index (χ0n) is 12.1. The zero-order valence-corrected chi connectivity index (χ0v) is 12.9. The lowest BCUT2D eigenvalue weighted by Crippen LogP contribution is -2.48. The minimum absolute atomic E-state index is 0.0189. The van der Waals surface area contributed by atoms with Crippen LogP contribution in [-0.2, 0) is 26.7 Å². The number of benzene rings is 1. The molecule has 5 nitrogen and oxygen atoms in total. The number of sulfonamides is 1. The molecule has 0 bridgehead atoms. The molecule has 9 heteroatoms. The van der Waals surface area contributed by atoms with Crippen molar-refractivity contribution in [2.24, 2.45) is 0 Å². The number of hydrogen-bond acceptors (Lipinski definition) is 3. The first kappa shape index (κ1) is 17.7. The summed E-state index contributed by atoms with van der Waals surface area (Å²) in [7, 11) is -4.01. The molecule has 1 atom stereocenters. The van der Waals surface area contributed by atoms with Gasteiger partial charge in [-0.1, -0.05) is 18.2 Å². The number of rotatable bonds is 4. The van der Waals surface area contributed by atoms with E-state index in [0.29, 0.717) is 12.8 Å². The summed E-state index contributed by atoms with van der Waals surface area (Å²) >= 11 is 0. The van der Waals surface area contributed by atoms with Gasteiger partial charge in [0.25, 0.3) is 0 Å². The van der Waals surface area contributed by atoms with Gasteiger partial charge in [0.05, 0.1) is 11.3 Å². The fourth-order valence-corrected chi connectivity index (χ4v) is 4.37. The molecule has 128 valence electrons. The highest BCUT2D eigenvalue weighted by atomic mass is 32.2. The molecule has 0 amide bonds. The van der Waals surface area contributed by atoms with Crippen LogP contribution in [0.3, 0.4) is 0 Å². The highest BCUT2D eigenvalue weighted by molar-refractivity contribution is 7.88. The highest BCUT2D eigenvalue weighted by Gasteiger charge is 2.37. The molecule has 23 heavy (non-hydrogen) atoms. The van der Waals surface area contributed by atoms with E-state index in [0.717, 1.165) is 22.5 Å². The topological polar surface area (TPSA) is 74.7 Å². The molecule has 2 rings (SSSR count). The minimum Gasteiger partial charge on any atom is -0.480 e. The fraction of sp³-hybridized carbons (Fsp3) is 0.500. The summed E-state index contributed by atoms with van der Waals surface area (Å²) in [5.41, 5.74) is -0.951. The number of alkyl halides is 3. The van der Waals surface area contributed by atoms with Crippen LogP contribution in [-0.4, -0.2) is 36.4 Å². The van der Waals surface area contributed by atoms with Gasteiger partial charge in [-0.15, -0.1) is 0 Å². The minimum atomic E-state index is -4.56. The fourth-order valence-electron chi connectivity index (χ4n) is 2.62.